The van der Waals surface area contributed by atoms with Gasteiger partial charge in [0.15, 0.2) is 67.4 Å². The van der Waals surface area contributed by atoms with Crippen LogP contribution >= 0.6 is 0 Å². The van der Waals surface area contributed by atoms with Gasteiger partial charge in [-0.3, -0.25) is 76.7 Å². The van der Waals surface area contributed by atoms with Crippen LogP contribution in [0.25, 0.3) is 0 Å². The maximum Gasteiger partial charge on any atom is 0.305 e. The van der Waals surface area contributed by atoms with Crippen LogP contribution in [0.4, 0.5) is 0 Å². The maximum absolute atomic E-state index is 11.8. The fraction of sp³-hybridized carbons (Fsp3) is 0.708. The first-order valence-corrected chi connectivity index (χ1v) is 36.9. The van der Waals surface area contributed by atoms with Gasteiger partial charge in [-0.05, 0) is 13.8 Å². The number of nitrogens with zero attached hydrogens (tertiary/aromatic N) is 1. The number of amides is 6. The molecule has 0 aromatic rings. The van der Waals surface area contributed by atoms with Crippen LogP contribution in [0.15, 0.2) is 29.3 Å². The average molecular weight is 1730 g/mol. The summed E-state index contributed by atoms with van der Waals surface area (Å²) in [6, 6.07) is -4.97. The molecule has 0 aliphatic carbocycles. The summed E-state index contributed by atoms with van der Waals surface area (Å²) in [5.74, 6) is -8.70. The normalized spacial score (nSPS) is 29.8. The van der Waals surface area contributed by atoms with Gasteiger partial charge < -0.3 is 153 Å². The molecule has 680 valence electrons. The molecular formula is C72H111N7O41. The van der Waals surface area contributed by atoms with Crippen molar-refractivity contribution in [3.05, 3.63) is 24.3 Å². The predicted octanol–water partition coefficient (Wildman–Crippen LogP) is -6.93. The van der Waals surface area contributed by atoms with E-state index in [4.69, 9.17) is 95.5 Å². The Morgan fingerprint density at radius 1 is 0.358 bits per heavy atom. The molecule has 25 unspecified atom stereocenters. The number of hydrogen-bond acceptors (Lipinski definition) is 42. The number of aliphatic hydroxyl groups is 7. The summed E-state index contributed by atoms with van der Waals surface area (Å²) in [5.41, 5.74) is 0.671. The number of carbonyl (C=O) groups excluding carboxylic acids is 16. The van der Waals surface area contributed by atoms with E-state index in [9.17, 15) is 102 Å². The molecule has 0 aromatic carbocycles. The molecule has 48 nitrogen and oxygen atoms in total. The lowest BCUT2D eigenvalue weighted by molar-refractivity contribution is -0.277. The molecule has 0 radical (unpaired) electrons. The summed E-state index contributed by atoms with van der Waals surface area (Å²) in [6.45, 7) is 26.7. The second-order valence-corrected chi connectivity index (χ2v) is 27.0. The van der Waals surface area contributed by atoms with E-state index < -0.39 is 250 Å². The second kappa shape index (κ2) is 52.2. The van der Waals surface area contributed by atoms with Gasteiger partial charge in [0.05, 0.1) is 26.4 Å². The number of hydrogen-bond donors (Lipinski definition) is 13. The van der Waals surface area contributed by atoms with Gasteiger partial charge in [-0.2, -0.15) is 0 Å². The Hall–Kier alpha value is -10.1. The fourth-order valence-electron chi connectivity index (χ4n) is 11.6. The first kappa shape index (κ1) is 106. The Morgan fingerprint density at radius 2 is 0.658 bits per heavy atom. The van der Waals surface area contributed by atoms with E-state index in [-0.39, 0.29) is 57.9 Å². The molecular weight excluding hydrogens is 1620 g/mol. The van der Waals surface area contributed by atoms with Crippen molar-refractivity contribution in [2.45, 2.75) is 271 Å². The topological polar surface area (TPSA) is 665 Å². The molecule has 120 heavy (non-hydrogen) atoms. The van der Waals surface area contributed by atoms with Crippen LogP contribution < -0.4 is 31.9 Å². The maximum atomic E-state index is 11.8. The van der Waals surface area contributed by atoms with Crippen LogP contribution in [0, 0.1) is 0 Å². The van der Waals surface area contributed by atoms with Crippen LogP contribution in [-0.4, -0.2) is 349 Å². The van der Waals surface area contributed by atoms with Crippen molar-refractivity contribution in [1.82, 2.24) is 31.9 Å². The molecule has 13 N–H and O–H groups in total. The molecule has 6 aliphatic rings. The van der Waals surface area contributed by atoms with Crippen LogP contribution in [0.2, 0.25) is 0 Å². The molecule has 0 saturated carbocycles. The highest BCUT2D eigenvalue weighted by atomic mass is 16.7. The molecule has 6 heterocycles. The monoisotopic (exact) mass is 1730 g/mol. The average Bonchev–Trinajstić information content (AvgIpc) is 1.77. The predicted molar refractivity (Wildman–Crippen MR) is 395 cm³/mol. The zero-order valence-electron chi connectivity index (χ0n) is 69.2. The van der Waals surface area contributed by atoms with E-state index in [1.807, 2.05) is 0 Å². The standard InChI is InChI=1S/C20H30N2O10.C16H23NO10.C14H24N2O7.C14H19NO8.C8H15NO6/c1-10(2)19(27)21-7-8-28-20-16(22-11(3)23)18(31-14(6)26)17(30-13(5)25)15(32-20)9-29-12(4)24;1-7(18)17-13-15(25-10(4)21)14(24-9(3)20)12(6-23-8(2)19)27-16(13)26-11(5)22;1-7(2)13(21)15-4-5-22-14-10(16-8(3)18)12(20)11(19)9(6-17)23-14;1-6-15-11-13(22-9(4)18)12(21-8(3)17)10(5-19-7(2)16)23-14(11)20-6;1-3(11)9-5-7(13)6(12)4(2-10)15-8(5)14/h15-18,20H,1,7-9H2,2-6H3,(H,21,27)(H,22,23);12-16H,6H2,1-5H3,(H,17,18);9-12,14,17,19-20H,1,4-6H2,2-3H3,(H,15,21)(H,16,18);10-14H,5H2,1-4H3;4-8,10,12-14H,2H2,1H3,(H,9,11). The molecule has 6 aliphatic heterocycles. The minimum Gasteiger partial charge on any atom is -0.463 e. The lowest BCUT2D eigenvalue weighted by Gasteiger charge is -2.44. The highest BCUT2D eigenvalue weighted by molar-refractivity contribution is 5.92. The highest BCUT2D eigenvalue weighted by Crippen LogP contribution is 2.34. The minimum absolute atomic E-state index is 0.0366. The van der Waals surface area contributed by atoms with Gasteiger partial charge in [0.25, 0.3) is 0 Å². The molecule has 5 fully saturated rings. The largest absolute Gasteiger partial charge is 0.463 e. The first-order valence-electron chi connectivity index (χ1n) is 36.9. The lowest BCUT2D eigenvalue weighted by atomic mass is 9.96. The van der Waals surface area contributed by atoms with Crippen molar-refractivity contribution in [2.75, 3.05) is 59.3 Å². The smallest absolute Gasteiger partial charge is 0.305 e. The molecule has 6 amide bonds. The molecule has 5 saturated heterocycles. The summed E-state index contributed by atoms with van der Waals surface area (Å²) in [4.78, 5) is 187. The highest BCUT2D eigenvalue weighted by Gasteiger charge is 2.56. The number of fused-ring (bicyclic) bond motifs is 1. The Bertz CT molecular complexity index is 3560. The van der Waals surface area contributed by atoms with Gasteiger partial charge in [0.2, 0.25) is 48.0 Å². The van der Waals surface area contributed by atoms with Crippen molar-refractivity contribution in [2.24, 2.45) is 4.99 Å². The van der Waals surface area contributed by atoms with Gasteiger partial charge in [0, 0.05) is 128 Å². The molecule has 48 heteroatoms. The number of ether oxygens (including phenoxy) is 18. The Kier molecular flexibility index (Phi) is 46.1. The Labute approximate surface area is 688 Å². The number of esters is 10. The van der Waals surface area contributed by atoms with Crippen LogP contribution in [0.3, 0.4) is 0 Å². The van der Waals surface area contributed by atoms with Gasteiger partial charge in [-0.25, -0.2) is 4.99 Å². The lowest BCUT2D eigenvalue weighted by Crippen LogP contribution is -2.66. The Balaban J connectivity index is 0.000000517. The summed E-state index contributed by atoms with van der Waals surface area (Å²) >= 11 is 0. The third-order valence-corrected chi connectivity index (χ3v) is 16.3. The van der Waals surface area contributed by atoms with Gasteiger partial charge in [-0.1, -0.05) is 13.2 Å². The molecule has 6 rings (SSSR count). The van der Waals surface area contributed by atoms with E-state index in [0.717, 1.165) is 41.5 Å². The Morgan fingerprint density at radius 3 is 1.02 bits per heavy atom. The summed E-state index contributed by atoms with van der Waals surface area (Å²) in [7, 11) is 0. The van der Waals surface area contributed by atoms with Crippen molar-refractivity contribution >= 4 is 101 Å². The zero-order valence-corrected chi connectivity index (χ0v) is 69.2. The van der Waals surface area contributed by atoms with Crippen LogP contribution in [-0.2, 0) is 162 Å². The van der Waals surface area contributed by atoms with Gasteiger partial charge >= 0.3 is 59.7 Å². The summed E-state index contributed by atoms with van der Waals surface area (Å²) in [6.07, 6.45) is -23.2. The fourth-order valence-corrected chi connectivity index (χ4v) is 11.6. The number of rotatable bonds is 29. The summed E-state index contributed by atoms with van der Waals surface area (Å²) in [5, 5.41) is 81.1. The van der Waals surface area contributed by atoms with E-state index in [0.29, 0.717) is 17.0 Å². The van der Waals surface area contributed by atoms with Crippen molar-refractivity contribution in [1.29, 1.82) is 0 Å². The second-order valence-electron chi connectivity index (χ2n) is 27.0. The third-order valence-electron chi connectivity index (χ3n) is 16.3. The first-order chi connectivity index (χ1) is 55.9. The number of carbonyl (C=O) groups is 16. The SMILES string of the molecule is C=C(C)C(=O)NCCOC1OC(CO)C(O)C(O)C1NC(C)=O.C=C(C)C(=O)NCCOC1OC(COC(C)=O)C(OC(C)=O)C(OC(C)=O)C1NC(C)=O.CC(=O)NC1C(O)OC(CO)C(O)C1O.CC(=O)NC1C(OC(C)=O)OC(COC(C)=O)C(OC(C)=O)C1OC(C)=O.CC(=O)OCC1OC2OC(C)=NC2C(OC(C)=O)C1OC(C)=O. The van der Waals surface area contributed by atoms with Gasteiger partial charge in [0.1, 0.15) is 98.9 Å². The van der Waals surface area contributed by atoms with Crippen molar-refractivity contribution in [3.63, 3.8) is 0 Å². The molecule has 0 spiro atoms. The zero-order chi connectivity index (χ0) is 91.4. The van der Waals surface area contributed by atoms with Crippen molar-refractivity contribution in [3.8, 4) is 0 Å². The number of aliphatic hydroxyl groups excluding tert-OH is 7. The number of aliphatic imine (C=N–C) groups is 1. The summed E-state index contributed by atoms with van der Waals surface area (Å²) < 4.78 is 95.2. The number of nitrogens with one attached hydrogen (secondary N) is 6. The molecule has 0 aromatic heterocycles. The van der Waals surface area contributed by atoms with E-state index >= 15 is 0 Å². The van der Waals surface area contributed by atoms with Crippen molar-refractivity contribution < 1.29 is 198 Å². The van der Waals surface area contributed by atoms with Gasteiger partial charge in [-0.15, -0.1) is 0 Å². The molecule has 25 atom stereocenters. The minimum atomic E-state index is -1.45. The van der Waals surface area contributed by atoms with E-state index in [1.54, 1.807) is 20.8 Å². The third kappa shape index (κ3) is 36.9. The van der Waals surface area contributed by atoms with E-state index in [2.05, 4.69) is 50.1 Å². The molecule has 0 bridgehead atoms. The quantitative estimate of drug-likeness (QED) is 0.0143. The van der Waals surface area contributed by atoms with Crippen LogP contribution in [0.1, 0.15) is 118 Å². The van der Waals surface area contributed by atoms with Crippen LogP contribution in [0.5, 0.6) is 0 Å². The van der Waals surface area contributed by atoms with E-state index in [1.165, 1.54) is 55.4 Å².